The van der Waals surface area contributed by atoms with Crippen molar-refractivity contribution in [3.8, 4) is 0 Å². The quantitative estimate of drug-likeness (QED) is 0.814. The molecule has 1 aliphatic rings. The van der Waals surface area contributed by atoms with Crippen LogP contribution in [0.15, 0.2) is 15.7 Å². The van der Waals surface area contributed by atoms with Crippen LogP contribution < -0.4 is 10.2 Å². The molecule has 84 valence electrons. The highest BCUT2D eigenvalue weighted by Crippen LogP contribution is 2.33. The first-order valence-electron chi connectivity index (χ1n) is 4.57. The Kier molecular flexibility index (Phi) is 3.20. The summed E-state index contributed by atoms with van der Waals surface area (Å²) in [6.45, 7) is 3.38. The Morgan fingerprint density at radius 1 is 1.40 bits per heavy atom. The van der Waals surface area contributed by atoms with Gasteiger partial charge in [-0.25, -0.2) is 8.42 Å². The van der Waals surface area contributed by atoms with Gasteiger partial charge in [-0.3, -0.25) is 0 Å². The van der Waals surface area contributed by atoms with Gasteiger partial charge >= 0.3 is 0 Å². The zero-order chi connectivity index (χ0) is 10.9. The molecule has 1 aromatic rings. The predicted octanol–water partition coefficient (Wildman–Crippen LogP) is 1.09. The summed E-state index contributed by atoms with van der Waals surface area (Å²) < 4.78 is 22.8. The van der Waals surface area contributed by atoms with Crippen molar-refractivity contribution in [2.24, 2.45) is 0 Å². The maximum Gasteiger partial charge on any atom is 0.272 e. The van der Waals surface area contributed by atoms with E-state index in [1.54, 1.807) is 5.38 Å². The van der Waals surface area contributed by atoms with Crippen LogP contribution in [0.25, 0.3) is 0 Å². The molecule has 0 amide bonds. The van der Waals surface area contributed by atoms with E-state index in [1.165, 1.54) is 11.3 Å². The summed E-state index contributed by atoms with van der Waals surface area (Å²) in [5, 5.41) is 4.97. The predicted molar refractivity (Wildman–Crippen MR) is 62.4 cm³/mol. The Balaban J connectivity index is 2.32. The summed E-state index contributed by atoms with van der Waals surface area (Å²) in [5.41, 5.74) is 0.733. The van der Waals surface area contributed by atoms with E-state index in [-0.39, 0.29) is 4.21 Å². The van der Waals surface area contributed by atoms with Gasteiger partial charge in [-0.2, -0.15) is 0 Å². The molecule has 0 bridgehead atoms. The highest BCUT2D eigenvalue weighted by atomic mass is 35.7. The number of halogens is 1. The summed E-state index contributed by atoms with van der Waals surface area (Å²) in [6, 6.07) is 1.81. The third kappa shape index (κ3) is 2.44. The van der Waals surface area contributed by atoms with E-state index in [9.17, 15) is 8.42 Å². The fraction of sp³-hybridized carbons (Fsp3) is 0.500. The molecule has 1 aromatic heterocycles. The zero-order valence-corrected chi connectivity index (χ0v) is 10.3. The van der Waals surface area contributed by atoms with E-state index in [0.717, 1.165) is 31.9 Å². The summed E-state index contributed by atoms with van der Waals surface area (Å²) in [7, 11) is 1.75. The lowest BCUT2D eigenvalue weighted by Gasteiger charge is -2.29. The molecule has 0 radical (unpaired) electrons. The van der Waals surface area contributed by atoms with Gasteiger partial charge < -0.3 is 10.2 Å². The Bertz CT molecular complexity index is 437. The molecule has 0 atom stereocenters. The van der Waals surface area contributed by atoms with Gasteiger partial charge in [0.2, 0.25) is 0 Å². The van der Waals surface area contributed by atoms with Crippen molar-refractivity contribution in [2.75, 3.05) is 31.1 Å². The van der Waals surface area contributed by atoms with Crippen molar-refractivity contribution in [1.82, 2.24) is 5.32 Å². The van der Waals surface area contributed by atoms with Crippen LogP contribution in [0.1, 0.15) is 0 Å². The van der Waals surface area contributed by atoms with Gasteiger partial charge in [0.15, 0.2) is 4.21 Å². The lowest BCUT2D eigenvalue weighted by atomic mass is 10.3. The van der Waals surface area contributed by atoms with E-state index in [4.69, 9.17) is 10.7 Å². The molecule has 2 rings (SSSR count). The summed E-state index contributed by atoms with van der Waals surface area (Å²) in [6.07, 6.45) is 0. The van der Waals surface area contributed by atoms with Gasteiger partial charge in [0, 0.05) is 36.9 Å². The third-order valence-electron chi connectivity index (χ3n) is 2.29. The molecule has 0 unspecified atom stereocenters. The number of hydrogen-bond donors (Lipinski definition) is 1. The van der Waals surface area contributed by atoms with Crippen molar-refractivity contribution in [3.63, 3.8) is 0 Å². The molecule has 0 aliphatic carbocycles. The van der Waals surface area contributed by atoms with Gasteiger partial charge in [-0.1, -0.05) is 0 Å². The van der Waals surface area contributed by atoms with Crippen LogP contribution in [0.2, 0.25) is 0 Å². The highest BCUT2D eigenvalue weighted by Gasteiger charge is 2.22. The molecular weight excluding hydrogens is 256 g/mol. The van der Waals surface area contributed by atoms with Crippen molar-refractivity contribution in [1.29, 1.82) is 0 Å². The topological polar surface area (TPSA) is 49.4 Å². The van der Waals surface area contributed by atoms with Gasteiger partial charge in [0.05, 0.1) is 5.69 Å². The largest absolute Gasteiger partial charge is 0.367 e. The first-order chi connectivity index (χ1) is 7.09. The fourth-order valence-corrected chi connectivity index (χ4v) is 3.89. The highest BCUT2D eigenvalue weighted by molar-refractivity contribution is 8.15. The monoisotopic (exact) mass is 266 g/mol. The van der Waals surface area contributed by atoms with Crippen LogP contribution in [-0.4, -0.2) is 34.6 Å². The minimum absolute atomic E-state index is 0.256. The van der Waals surface area contributed by atoms with E-state index < -0.39 is 9.05 Å². The van der Waals surface area contributed by atoms with Crippen LogP contribution in [0.4, 0.5) is 5.69 Å². The lowest BCUT2D eigenvalue weighted by molar-refractivity contribution is 0.585. The number of anilines is 1. The normalized spacial score (nSPS) is 18.1. The van der Waals surface area contributed by atoms with Crippen molar-refractivity contribution < 1.29 is 8.42 Å². The SMILES string of the molecule is O=S(=O)(Cl)c1sccc1N1CCNCC1. The van der Waals surface area contributed by atoms with E-state index in [2.05, 4.69) is 5.32 Å². The number of nitrogens with one attached hydrogen (secondary N) is 1. The van der Waals surface area contributed by atoms with E-state index >= 15 is 0 Å². The fourth-order valence-electron chi connectivity index (χ4n) is 1.61. The summed E-state index contributed by atoms with van der Waals surface area (Å²) in [4.78, 5) is 2.04. The minimum atomic E-state index is -3.61. The summed E-state index contributed by atoms with van der Waals surface area (Å²) >= 11 is 1.17. The third-order valence-corrected chi connectivity index (χ3v) is 5.32. The lowest BCUT2D eigenvalue weighted by Crippen LogP contribution is -2.43. The average molecular weight is 267 g/mol. The summed E-state index contributed by atoms with van der Waals surface area (Å²) in [5.74, 6) is 0. The smallest absolute Gasteiger partial charge is 0.272 e. The van der Waals surface area contributed by atoms with E-state index in [0.29, 0.717) is 0 Å². The first-order valence-corrected chi connectivity index (χ1v) is 7.76. The molecule has 15 heavy (non-hydrogen) atoms. The Morgan fingerprint density at radius 2 is 2.07 bits per heavy atom. The Hall–Kier alpha value is -0.300. The first kappa shape index (κ1) is 11.2. The number of nitrogens with zero attached hydrogens (tertiary/aromatic N) is 1. The Labute approximate surface area is 97.3 Å². The van der Waals surface area contributed by atoms with Crippen molar-refractivity contribution in [2.45, 2.75) is 4.21 Å². The van der Waals surface area contributed by atoms with Gasteiger partial charge in [0.1, 0.15) is 0 Å². The van der Waals surface area contributed by atoms with Crippen LogP contribution >= 0.6 is 22.0 Å². The molecule has 4 nitrogen and oxygen atoms in total. The maximum absolute atomic E-state index is 11.3. The second kappa shape index (κ2) is 4.29. The molecule has 7 heteroatoms. The van der Waals surface area contributed by atoms with Crippen molar-refractivity contribution >= 4 is 36.8 Å². The second-order valence-electron chi connectivity index (χ2n) is 3.27. The molecule has 1 fully saturated rings. The zero-order valence-electron chi connectivity index (χ0n) is 7.94. The molecule has 0 spiro atoms. The van der Waals surface area contributed by atoms with Crippen LogP contribution in [-0.2, 0) is 9.05 Å². The van der Waals surface area contributed by atoms with Crippen LogP contribution in [0.5, 0.6) is 0 Å². The maximum atomic E-state index is 11.3. The molecule has 1 aliphatic heterocycles. The number of rotatable bonds is 2. The number of hydrogen-bond acceptors (Lipinski definition) is 5. The standard InChI is InChI=1S/C8H11ClN2O2S2/c9-15(12,13)8-7(1-6-14-8)11-4-2-10-3-5-11/h1,6,10H,2-5H2. The Morgan fingerprint density at radius 3 is 2.67 bits per heavy atom. The molecular formula is C8H11ClN2O2S2. The molecule has 0 aromatic carbocycles. The van der Waals surface area contributed by atoms with E-state index in [1.807, 2.05) is 11.0 Å². The van der Waals surface area contributed by atoms with Gasteiger partial charge in [-0.05, 0) is 11.4 Å². The second-order valence-corrected chi connectivity index (χ2v) is 6.95. The average Bonchev–Trinajstić information content (AvgIpc) is 2.67. The van der Waals surface area contributed by atoms with Gasteiger partial charge in [-0.15, -0.1) is 11.3 Å². The van der Waals surface area contributed by atoms with Gasteiger partial charge in [0.25, 0.3) is 9.05 Å². The number of piperazine rings is 1. The van der Waals surface area contributed by atoms with Crippen molar-refractivity contribution in [3.05, 3.63) is 11.4 Å². The minimum Gasteiger partial charge on any atom is -0.367 e. The van der Waals surface area contributed by atoms with Crippen LogP contribution in [0, 0.1) is 0 Å². The van der Waals surface area contributed by atoms with Crippen LogP contribution in [0.3, 0.4) is 0 Å². The molecule has 0 saturated carbocycles. The molecule has 1 saturated heterocycles. The molecule has 2 heterocycles. The number of thiophene rings is 1. The molecule has 1 N–H and O–H groups in total.